The average molecular weight is 310 g/mol. The lowest BCUT2D eigenvalue weighted by atomic mass is 9.93. The van der Waals surface area contributed by atoms with Crippen LogP contribution >= 0.6 is 12.2 Å². The van der Waals surface area contributed by atoms with Gasteiger partial charge in [-0.1, -0.05) is 26.1 Å². The minimum atomic E-state index is -5.71. The number of amides is 1. The monoisotopic (exact) mass is 310 g/mol. The van der Waals surface area contributed by atoms with E-state index >= 15 is 0 Å². The molecule has 0 fully saturated rings. The quantitative estimate of drug-likeness (QED) is 0.618. The largest absolute Gasteiger partial charge is 0.409 e. The highest BCUT2D eigenvalue weighted by Gasteiger charge is 2.61. The SMILES string of the molecule is CC(C)(CNC(=O)C(C(F)(F)F)C(F)(F)F)C(N)=S. The molecule has 0 atom stereocenters. The number of carbonyl (C=O) groups is 1. The predicted octanol–water partition coefficient (Wildman–Crippen LogP) is 2.16. The number of carbonyl (C=O) groups excluding carboxylic acids is 1. The summed E-state index contributed by atoms with van der Waals surface area (Å²) in [5, 5.41) is 1.57. The summed E-state index contributed by atoms with van der Waals surface area (Å²) in [7, 11) is 0. The molecule has 0 unspecified atom stereocenters. The Kier molecular flexibility index (Phi) is 5.21. The molecule has 0 spiro atoms. The predicted molar refractivity (Wildman–Crippen MR) is 59.2 cm³/mol. The number of halogens is 6. The van der Waals surface area contributed by atoms with Crippen LogP contribution in [0.15, 0.2) is 0 Å². The maximum Gasteiger partial charge on any atom is 0.409 e. The van der Waals surface area contributed by atoms with Gasteiger partial charge in [0.05, 0.1) is 4.99 Å². The van der Waals surface area contributed by atoms with Gasteiger partial charge in [0.1, 0.15) is 0 Å². The Balaban J connectivity index is 4.94. The van der Waals surface area contributed by atoms with Crippen LogP contribution < -0.4 is 11.1 Å². The molecule has 0 aliphatic heterocycles. The first-order valence-electron chi connectivity index (χ1n) is 4.90. The van der Waals surface area contributed by atoms with Crippen LogP contribution in [0.3, 0.4) is 0 Å². The van der Waals surface area contributed by atoms with E-state index in [-0.39, 0.29) is 4.99 Å². The summed E-state index contributed by atoms with van der Waals surface area (Å²) in [6, 6.07) is 0. The fraction of sp³-hybridized carbons (Fsp3) is 0.778. The second kappa shape index (κ2) is 5.51. The molecule has 112 valence electrons. The number of rotatable bonds is 4. The Bertz CT molecular complexity index is 349. The summed E-state index contributed by atoms with van der Waals surface area (Å²) in [6.07, 6.45) is -11.4. The Morgan fingerprint density at radius 1 is 1.16 bits per heavy atom. The lowest BCUT2D eigenvalue weighted by Gasteiger charge is -2.26. The second-order valence-corrected chi connectivity index (χ2v) is 4.92. The highest BCUT2D eigenvalue weighted by molar-refractivity contribution is 7.80. The molecule has 0 heterocycles. The fourth-order valence-corrected chi connectivity index (χ4v) is 1.05. The lowest BCUT2D eigenvalue weighted by molar-refractivity contribution is -0.274. The van der Waals surface area contributed by atoms with Gasteiger partial charge in [-0.2, -0.15) is 26.3 Å². The second-order valence-electron chi connectivity index (χ2n) is 4.48. The first-order chi connectivity index (χ1) is 8.19. The van der Waals surface area contributed by atoms with E-state index in [0.717, 1.165) is 0 Å². The molecule has 0 saturated carbocycles. The van der Waals surface area contributed by atoms with Gasteiger partial charge in [-0.3, -0.25) is 4.79 Å². The van der Waals surface area contributed by atoms with Gasteiger partial charge >= 0.3 is 12.4 Å². The van der Waals surface area contributed by atoms with E-state index in [1.165, 1.54) is 13.8 Å². The molecule has 0 saturated heterocycles. The molecule has 0 aromatic rings. The number of hydrogen-bond donors (Lipinski definition) is 2. The molecule has 1 amide bonds. The molecule has 0 aliphatic carbocycles. The Hall–Kier alpha value is -1.06. The van der Waals surface area contributed by atoms with Gasteiger partial charge in [0.15, 0.2) is 0 Å². The minimum absolute atomic E-state index is 0.136. The molecule has 0 radical (unpaired) electrons. The van der Waals surface area contributed by atoms with Crippen molar-refractivity contribution in [3.8, 4) is 0 Å². The Morgan fingerprint density at radius 3 is 1.79 bits per heavy atom. The van der Waals surface area contributed by atoms with Crippen molar-refractivity contribution in [3.63, 3.8) is 0 Å². The molecule has 3 N–H and O–H groups in total. The van der Waals surface area contributed by atoms with E-state index < -0.39 is 36.1 Å². The van der Waals surface area contributed by atoms with Crippen molar-refractivity contribution in [1.82, 2.24) is 5.32 Å². The molecule has 0 aromatic carbocycles. The molecule has 3 nitrogen and oxygen atoms in total. The van der Waals surface area contributed by atoms with Gasteiger partial charge in [-0.15, -0.1) is 0 Å². The standard InChI is InChI=1S/C9H12F6N2OS/c1-7(2,6(16)19)3-17-5(18)4(8(10,11)12)9(13,14)15/h4H,3H2,1-2H3,(H2,16,19)(H,17,18). The van der Waals surface area contributed by atoms with Crippen LogP contribution in [0.25, 0.3) is 0 Å². The number of thiocarbonyl (C=S) groups is 1. The highest BCUT2D eigenvalue weighted by Crippen LogP contribution is 2.39. The van der Waals surface area contributed by atoms with Crippen LogP contribution in [0.1, 0.15) is 13.8 Å². The maximum absolute atomic E-state index is 12.2. The molecule has 0 bridgehead atoms. The van der Waals surface area contributed by atoms with Crippen LogP contribution in [-0.4, -0.2) is 29.8 Å². The molecule has 10 heteroatoms. The molecule has 0 aromatic heterocycles. The van der Waals surface area contributed by atoms with Crippen molar-refractivity contribution in [3.05, 3.63) is 0 Å². The van der Waals surface area contributed by atoms with E-state index in [4.69, 9.17) is 5.73 Å². The van der Waals surface area contributed by atoms with E-state index in [2.05, 4.69) is 12.2 Å². The summed E-state index contributed by atoms with van der Waals surface area (Å²) in [4.78, 5) is 10.9. The average Bonchev–Trinajstić information content (AvgIpc) is 2.09. The van der Waals surface area contributed by atoms with Crippen LogP contribution in [0, 0.1) is 11.3 Å². The van der Waals surface area contributed by atoms with Crippen molar-refractivity contribution in [1.29, 1.82) is 0 Å². The van der Waals surface area contributed by atoms with E-state index in [0.29, 0.717) is 0 Å². The van der Waals surface area contributed by atoms with Gasteiger partial charge in [-0.05, 0) is 0 Å². The van der Waals surface area contributed by atoms with Gasteiger partial charge in [0.25, 0.3) is 0 Å². The smallest absolute Gasteiger partial charge is 0.393 e. The topological polar surface area (TPSA) is 55.1 Å². The molecule has 0 rings (SSSR count). The van der Waals surface area contributed by atoms with Crippen LogP contribution in [-0.2, 0) is 4.79 Å². The van der Waals surface area contributed by atoms with Gasteiger partial charge in [-0.25, -0.2) is 0 Å². The third kappa shape index (κ3) is 5.21. The molecule has 19 heavy (non-hydrogen) atoms. The van der Waals surface area contributed by atoms with Gasteiger partial charge in [0.2, 0.25) is 11.8 Å². The van der Waals surface area contributed by atoms with Crippen molar-refractivity contribution < 1.29 is 31.1 Å². The van der Waals surface area contributed by atoms with E-state index in [1.807, 2.05) is 0 Å². The summed E-state index contributed by atoms with van der Waals surface area (Å²) >= 11 is 4.58. The van der Waals surface area contributed by atoms with E-state index in [9.17, 15) is 31.1 Å². The third-order valence-corrected chi connectivity index (χ3v) is 2.84. The van der Waals surface area contributed by atoms with Crippen molar-refractivity contribution in [2.24, 2.45) is 17.1 Å². The van der Waals surface area contributed by atoms with Crippen molar-refractivity contribution >= 4 is 23.1 Å². The zero-order valence-corrected chi connectivity index (χ0v) is 10.8. The molecule has 0 aliphatic rings. The summed E-state index contributed by atoms with van der Waals surface area (Å²) in [5.41, 5.74) is 4.15. The number of hydrogen-bond acceptors (Lipinski definition) is 2. The third-order valence-electron chi connectivity index (χ3n) is 2.29. The number of alkyl halides is 6. The maximum atomic E-state index is 12.2. The summed E-state index contributed by atoms with van der Waals surface area (Å²) in [5.74, 6) is -6.24. The van der Waals surface area contributed by atoms with Crippen LogP contribution in [0.5, 0.6) is 0 Å². The molecular formula is C9H12F6N2OS. The number of nitrogens with one attached hydrogen (secondary N) is 1. The van der Waals surface area contributed by atoms with E-state index in [1.54, 1.807) is 5.32 Å². The minimum Gasteiger partial charge on any atom is -0.393 e. The fourth-order valence-electron chi connectivity index (χ4n) is 0.980. The summed E-state index contributed by atoms with van der Waals surface area (Å²) in [6.45, 7) is 2.24. The Morgan fingerprint density at radius 2 is 1.53 bits per heavy atom. The van der Waals surface area contributed by atoms with Crippen molar-refractivity contribution in [2.45, 2.75) is 26.2 Å². The highest BCUT2D eigenvalue weighted by atomic mass is 32.1. The van der Waals surface area contributed by atoms with Gasteiger partial charge in [0, 0.05) is 12.0 Å². The van der Waals surface area contributed by atoms with Crippen molar-refractivity contribution in [2.75, 3.05) is 6.54 Å². The zero-order valence-electron chi connectivity index (χ0n) is 9.95. The lowest BCUT2D eigenvalue weighted by Crippen LogP contribution is -2.51. The Labute approximate surface area is 110 Å². The van der Waals surface area contributed by atoms with Gasteiger partial charge < -0.3 is 11.1 Å². The normalized spacial score (nSPS) is 13.5. The zero-order chi connectivity index (χ0) is 15.6. The summed E-state index contributed by atoms with van der Waals surface area (Å²) < 4.78 is 73.3. The van der Waals surface area contributed by atoms with Crippen LogP contribution in [0.4, 0.5) is 26.3 Å². The molecular weight excluding hydrogens is 298 g/mol. The van der Waals surface area contributed by atoms with Crippen LogP contribution in [0.2, 0.25) is 0 Å². The first-order valence-corrected chi connectivity index (χ1v) is 5.31. The first kappa shape index (κ1) is 17.9. The number of nitrogens with two attached hydrogens (primary N) is 1.